The number of nitriles is 1. The van der Waals surface area contributed by atoms with Crippen LogP contribution in [0.5, 0.6) is 0 Å². The van der Waals surface area contributed by atoms with E-state index in [0.717, 1.165) is 35.9 Å². The minimum absolute atomic E-state index is 0.579. The lowest BCUT2D eigenvalue weighted by atomic mass is 10.1. The fourth-order valence-electron chi connectivity index (χ4n) is 2.50. The van der Waals surface area contributed by atoms with Crippen molar-refractivity contribution in [2.45, 2.75) is 25.8 Å². The number of aryl methyl sites for hydroxylation is 1. The number of benzene rings is 1. The van der Waals surface area contributed by atoms with Gasteiger partial charge in [-0.3, -0.25) is 5.32 Å². The molecule has 1 N–H and O–H groups in total. The van der Waals surface area contributed by atoms with Crippen LogP contribution in [0.3, 0.4) is 0 Å². The van der Waals surface area contributed by atoms with Gasteiger partial charge in [0.2, 0.25) is 0 Å². The molecule has 3 rings (SSSR count). The Hall–Kier alpha value is -2.33. The quantitative estimate of drug-likeness (QED) is 0.399. The van der Waals surface area contributed by atoms with Gasteiger partial charge in [0.25, 0.3) is 0 Å². The van der Waals surface area contributed by atoms with Gasteiger partial charge in [-0.2, -0.15) is 5.26 Å². The second-order valence-corrected chi connectivity index (χ2v) is 5.75. The Bertz CT molecular complexity index is 725. The van der Waals surface area contributed by atoms with Crippen LogP contribution in [0.25, 0.3) is 11.4 Å². The molecule has 0 amide bonds. The summed E-state index contributed by atoms with van der Waals surface area (Å²) in [4.78, 5) is 4.38. The number of fused-ring (bicyclic) bond motifs is 1. The predicted molar refractivity (Wildman–Crippen MR) is 87.8 cm³/mol. The topological polar surface area (TPSA) is 78.9 Å². The Kier molecular flexibility index (Phi) is 4.39. The predicted octanol–water partition coefficient (Wildman–Crippen LogP) is 2.70. The second-order valence-electron chi connectivity index (χ2n) is 4.95. The first-order chi connectivity index (χ1) is 10.8. The molecule has 0 spiro atoms. The van der Waals surface area contributed by atoms with Gasteiger partial charge in [-0.1, -0.05) is 11.8 Å². The lowest BCUT2D eigenvalue weighted by Gasteiger charge is -2.14. The Labute approximate surface area is 133 Å². The summed E-state index contributed by atoms with van der Waals surface area (Å²) < 4.78 is 2.20. The molecule has 22 heavy (non-hydrogen) atoms. The Morgan fingerprint density at radius 2 is 2.14 bits per heavy atom. The molecule has 0 aliphatic carbocycles. The van der Waals surface area contributed by atoms with E-state index in [-0.39, 0.29) is 0 Å². The minimum Gasteiger partial charge on any atom is -0.311 e. The summed E-state index contributed by atoms with van der Waals surface area (Å²) in [6.07, 6.45) is 7.13. The second kappa shape index (κ2) is 6.62. The van der Waals surface area contributed by atoms with Crippen molar-refractivity contribution >= 4 is 22.6 Å². The molecule has 1 aliphatic heterocycles. The highest BCUT2D eigenvalue weighted by Gasteiger charge is 2.16. The number of aromatic nitrogens is 3. The molecule has 0 fully saturated rings. The maximum atomic E-state index is 8.65. The van der Waals surface area contributed by atoms with Crippen LogP contribution in [0.4, 0.5) is 5.69 Å². The monoisotopic (exact) mass is 312 g/mol. The van der Waals surface area contributed by atoms with Gasteiger partial charge < -0.3 is 4.57 Å². The zero-order valence-corrected chi connectivity index (χ0v) is 13.1. The van der Waals surface area contributed by atoms with Crippen LogP contribution in [0.2, 0.25) is 0 Å². The van der Waals surface area contributed by atoms with Crippen molar-refractivity contribution in [3.63, 3.8) is 0 Å². The van der Waals surface area contributed by atoms with Gasteiger partial charge in [0.15, 0.2) is 17.2 Å². The van der Waals surface area contributed by atoms with Crippen LogP contribution in [0.15, 0.2) is 29.3 Å². The fourth-order valence-corrected chi connectivity index (χ4v) is 2.84. The van der Waals surface area contributed by atoms with E-state index in [0.29, 0.717) is 5.17 Å². The maximum Gasteiger partial charge on any atom is 0.183 e. The molecule has 0 radical (unpaired) electrons. The molecule has 0 bridgehead atoms. The SMILES string of the molecule is CSC(=Nc1ccc(-c2nnc3n2CCCC3)cc1)NC#N. The fraction of sp³-hybridized carbons (Fsp3) is 0.333. The van der Waals surface area contributed by atoms with Crippen LogP contribution in [-0.4, -0.2) is 26.2 Å². The lowest BCUT2D eigenvalue weighted by Crippen LogP contribution is -2.12. The number of amidine groups is 1. The van der Waals surface area contributed by atoms with Gasteiger partial charge in [-0.05, 0) is 43.4 Å². The molecule has 1 aromatic carbocycles. The van der Waals surface area contributed by atoms with Crippen LogP contribution in [0.1, 0.15) is 18.7 Å². The minimum atomic E-state index is 0.579. The molecular formula is C15H16N6S. The van der Waals surface area contributed by atoms with E-state index in [1.807, 2.05) is 36.7 Å². The van der Waals surface area contributed by atoms with E-state index in [4.69, 9.17) is 5.26 Å². The van der Waals surface area contributed by atoms with Crippen LogP contribution < -0.4 is 5.32 Å². The molecule has 6 nitrogen and oxygen atoms in total. The van der Waals surface area contributed by atoms with Crippen molar-refractivity contribution in [2.75, 3.05) is 6.26 Å². The number of nitrogens with one attached hydrogen (secondary N) is 1. The average molecular weight is 312 g/mol. The van der Waals surface area contributed by atoms with E-state index in [2.05, 4.69) is 25.1 Å². The van der Waals surface area contributed by atoms with E-state index in [9.17, 15) is 0 Å². The highest BCUT2D eigenvalue weighted by Crippen LogP contribution is 2.25. The molecule has 2 aromatic rings. The van der Waals surface area contributed by atoms with E-state index in [1.54, 1.807) is 0 Å². The molecule has 7 heteroatoms. The molecule has 1 aliphatic rings. The van der Waals surface area contributed by atoms with Gasteiger partial charge in [-0.15, -0.1) is 10.2 Å². The summed E-state index contributed by atoms with van der Waals surface area (Å²) in [5, 5.41) is 20.4. The first-order valence-corrected chi connectivity index (χ1v) is 8.34. The summed E-state index contributed by atoms with van der Waals surface area (Å²) in [5.41, 5.74) is 1.84. The van der Waals surface area contributed by atoms with Crippen molar-refractivity contribution in [1.29, 1.82) is 5.26 Å². The normalized spacial score (nSPS) is 14.3. The van der Waals surface area contributed by atoms with Gasteiger partial charge in [0.05, 0.1) is 5.69 Å². The van der Waals surface area contributed by atoms with Crippen LogP contribution in [0, 0.1) is 11.5 Å². The Balaban J connectivity index is 1.86. The highest BCUT2D eigenvalue weighted by molar-refractivity contribution is 8.13. The third-order valence-electron chi connectivity index (χ3n) is 3.57. The largest absolute Gasteiger partial charge is 0.311 e. The summed E-state index contributed by atoms with van der Waals surface area (Å²) in [5.74, 6) is 2.00. The van der Waals surface area contributed by atoms with Crippen molar-refractivity contribution in [1.82, 2.24) is 20.1 Å². The standard InChI is InChI=1S/C15H16N6S/c1-22-15(17-10-16)18-12-7-5-11(6-8-12)14-20-19-13-4-2-3-9-21(13)14/h5-8H,2-4,9H2,1H3,(H,17,18). The highest BCUT2D eigenvalue weighted by atomic mass is 32.2. The maximum absolute atomic E-state index is 8.65. The molecule has 0 saturated carbocycles. The summed E-state index contributed by atoms with van der Waals surface area (Å²) in [7, 11) is 0. The Morgan fingerprint density at radius 3 is 2.86 bits per heavy atom. The van der Waals surface area contributed by atoms with Gasteiger partial charge in [0.1, 0.15) is 5.82 Å². The Morgan fingerprint density at radius 1 is 1.32 bits per heavy atom. The molecule has 2 heterocycles. The van der Waals surface area contributed by atoms with Crippen molar-refractivity contribution < 1.29 is 0 Å². The summed E-state index contributed by atoms with van der Waals surface area (Å²) in [6, 6.07) is 7.84. The number of hydrogen-bond donors (Lipinski definition) is 1. The molecule has 112 valence electrons. The van der Waals surface area contributed by atoms with E-state index < -0.39 is 0 Å². The first-order valence-electron chi connectivity index (χ1n) is 7.12. The smallest absolute Gasteiger partial charge is 0.183 e. The zero-order chi connectivity index (χ0) is 15.4. The lowest BCUT2D eigenvalue weighted by molar-refractivity contribution is 0.526. The van der Waals surface area contributed by atoms with Gasteiger partial charge in [0, 0.05) is 18.5 Å². The summed E-state index contributed by atoms with van der Waals surface area (Å²) >= 11 is 1.40. The number of rotatable bonds is 2. The summed E-state index contributed by atoms with van der Waals surface area (Å²) in [6.45, 7) is 0.986. The number of hydrogen-bond acceptors (Lipinski definition) is 5. The molecule has 0 saturated heterocycles. The van der Waals surface area contributed by atoms with Crippen LogP contribution in [-0.2, 0) is 13.0 Å². The van der Waals surface area contributed by atoms with Gasteiger partial charge in [-0.25, -0.2) is 4.99 Å². The van der Waals surface area contributed by atoms with Crippen molar-refractivity contribution in [3.05, 3.63) is 30.1 Å². The molecule has 0 unspecified atom stereocenters. The van der Waals surface area contributed by atoms with Crippen LogP contribution >= 0.6 is 11.8 Å². The first kappa shape index (κ1) is 14.6. The number of thioether (sulfide) groups is 1. The third kappa shape index (κ3) is 2.97. The van der Waals surface area contributed by atoms with E-state index in [1.165, 1.54) is 24.6 Å². The van der Waals surface area contributed by atoms with Crippen molar-refractivity contribution in [3.8, 4) is 17.6 Å². The van der Waals surface area contributed by atoms with E-state index >= 15 is 0 Å². The van der Waals surface area contributed by atoms with Crippen molar-refractivity contribution in [2.24, 2.45) is 4.99 Å². The molecule has 0 atom stereocenters. The number of aliphatic imine (C=N–C) groups is 1. The number of nitrogens with zero attached hydrogens (tertiary/aromatic N) is 5. The average Bonchev–Trinajstić information content (AvgIpc) is 2.99. The zero-order valence-electron chi connectivity index (χ0n) is 12.3. The molecular weight excluding hydrogens is 296 g/mol. The third-order valence-corrected chi connectivity index (χ3v) is 4.15. The van der Waals surface area contributed by atoms with Gasteiger partial charge >= 0.3 is 0 Å². The molecule has 1 aromatic heterocycles.